The predicted molar refractivity (Wildman–Crippen MR) is 278 cm³/mol. The van der Waals surface area contributed by atoms with Gasteiger partial charge in [-0.25, -0.2) is 24.9 Å². The van der Waals surface area contributed by atoms with Gasteiger partial charge in [0.2, 0.25) is 0 Å². The summed E-state index contributed by atoms with van der Waals surface area (Å²) in [6.45, 7) is 0. The highest BCUT2D eigenvalue weighted by molar-refractivity contribution is 5.80. The molecule has 3 aliphatic rings. The lowest BCUT2D eigenvalue weighted by atomic mass is 9.60. The summed E-state index contributed by atoms with van der Waals surface area (Å²) in [5.74, 6) is 2.76. The average molecular weight is 893 g/mol. The molecule has 6 heteroatoms. The van der Waals surface area contributed by atoms with Gasteiger partial charge in [0, 0.05) is 45.2 Å². The molecule has 3 aliphatic carbocycles. The third-order valence-corrected chi connectivity index (χ3v) is 13.8. The van der Waals surface area contributed by atoms with E-state index < -0.39 is 0 Å². The van der Waals surface area contributed by atoms with Crippen molar-refractivity contribution in [2.45, 2.75) is 11.8 Å². The fraction of sp³-hybridized carbons (Fsp3) is 0.0312. The van der Waals surface area contributed by atoms with Crippen LogP contribution < -0.4 is 0 Å². The van der Waals surface area contributed by atoms with Crippen molar-refractivity contribution in [3.8, 4) is 96.4 Å². The maximum absolute atomic E-state index is 9.29. The summed E-state index contributed by atoms with van der Waals surface area (Å²) in [5, 5.41) is 9.29. The van der Waals surface area contributed by atoms with Crippen molar-refractivity contribution in [2.24, 2.45) is 0 Å². The first kappa shape index (κ1) is 40.8. The molecule has 0 amide bonds. The molecule has 11 aromatic rings. The van der Waals surface area contributed by atoms with Gasteiger partial charge >= 0.3 is 0 Å². The largest absolute Gasteiger partial charge is 0.228 e. The standard InChI is InChI=1S/C64H40N6/c65-39-40-23-25-41(26-24-40)42-27-29-43(30-28-42)57-38-58(67-61(66-57)44-13-4-1-5-14-44)49-20-12-19-47(35-49)48-31-33-53-55(36-48)59-51-21-10-11-22-52(51)60(53)56-37-50(32-34-54(56)59)64-69-62(45-15-6-2-7-16-45)68-63(70-64)46-17-8-3-9-18-46/h1-38,59-60H. The molecular weight excluding hydrogens is 853 g/mol. The van der Waals surface area contributed by atoms with Crippen LogP contribution in [0, 0.1) is 11.3 Å². The number of rotatable bonds is 8. The first-order valence-corrected chi connectivity index (χ1v) is 23.5. The van der Waals surface area contributed by atoms with Gasteiger partial charge in [0.25, 0.3) is 0 Å². The molecule has 0 fully saturated rings. The molecule has 70 heavy (non-hydrogen) atoms. The maximum atomic E-state index is 9.29. The summed E-state index contributed by atoms with van der Waals surface area (Å²) >= 11 is 0. The molecular formula is C64H40N6. The number of benzene rings is 9. The normalized spacial score (nSPS) is 14.0. The zero-order chi connectivity index (χ0) is 46.5. The van der Waals surface area contributed by atoms with Crippen molar-refractivity contribution in [3.63, 3.8) is 0 Å². The van der Waals surface area contributed by atoms with Crippen molar-refractivity contribution >= 4 is 0 Å². The highest BCUT2D eigenvalue weighted by Crippen LogP contribution is 2.56. The molecule has 2 bridgehead atoms. The van der Waals surface area contributed by atoms with Gasteiger partial charge in [-0.05, 0) is 92.0 Å². The van der Waals surface area contributed by atoms with E-state index in [1.807, 2.05) is 103 Å². The Morgan fingerprint density at radius 1 is 0.257 bits per heavy atom. The smallest absolute Gasteiger partial charge is 0.164 e. The van der Waals surface area contributed by atoms with E-state index in [9.17, 15) is 5.26 Å². The van der Waals surface area contributed by atoms with Crippen LogP contribution in [0.5, 0.6) is 0 Å². The zero-order valence-electron chi connectivity index (χ0n) is 37.8. The first-order valence-electron chi connectivity index (χ1n) is 23.5. The molecule has 9 aromatic carbocycles. The van der Waals surface area contributed by atoms with Gasteiger partial charge in [0.15, 0.2) is 23.3 Å². The minimum atomic E-state index is 0.0598. The summed E-state index contributed by atoms with van der Waals surface area (Å²) in [6.07, 6.45) is 0. The summed E-state index contributed by atoms with van der Waals surface area (Å²) in [7, 11) is 0. The first-order chi connectivity index (χ1) is 34.6. The monoisotopic (exact) mass is 892 g/mol. The Morgan fingerprint density at radius 3 is 1.17 bits per heavy atom. The number of hydrogen-bond acceptors (Lipinski definition) is 6. The Kier molecular flexibility index (Phi) is 9.92. The van der Waals surface area contributed by atoms with Crippen molar-refractivity contribution < 1.29 is 0 Å². The fourth-order valence-corrected chi connectivity index (χ4v) is 10.4. The van der Waals surface area contributed by atoms with Gasteiger partial charge in [-0.15, -0.1) is 0 Å². The van der Waals surface area contributed by atoms with Crippen LogP contribution in [0.25, 0.3) is 90.3 Å². The van der Waals surface area contributed by atoms with Gasteiger partial charge in [-0.1, -0.05) is 194 Å². The van der Waals surface area contributed by atoms with Crippen LogP contribution in [0.3, 0.4) is 0 Å². The number of nitrogens with zero attached hydrogens (tertiary/aromatic N) is 6. The minimum absolute atomic E-state index is 0.0598. The second kappa shape index (κ2) is 17.0. The fourth-order valence-electron chi connectivity index (χ4n) is 10.4. The van der Waals surface area contributed by atoms with Crippen molar-refractivity contribution in [1.82, 2.24) is 24.9 Å². The molecule has 14 rings (SSSR count). The number of nitriles is 1. The highest BCUT2D eigenvalue weighted by atomic mass is 15.0. The van der Waals surface area contributed by atoms with Gasteiger partial charge < -0.3 is 0 Å². The van der Waals surface area contributed by atoms with E-state index >= 15 is 0 Å². The Labute approximate surface area is 406 Å². The summed E-state index contributed by atoms with van der Waals surface area (Å²) in [5.41, 5.74) is 20.6. The second-order valence-corrected chi connectivity index (χ2v) is 17.9. The summed E-state index contributed by atoms with van der Waals surface area (Å²) in [4.78, 5) is 25.4. The molecule has 326 valence electrons. The summed E-state index contributed by atoms with van der Waals surface area (Å²) < 4.78 is 0. The molecule has 0 spiro atoms. The third-order valence-electron chi connectivity index (χ3n) is 13.8. The molecule has 2 atom stereocenters. The van der Waals surface area contributed by atoms with E-state index in [2.05, 4.69) is 133 Å². The molecule has 2 heterocycles. The topological polar surface area (TPSA) is 88.2 Å². The lowest BCUT2D eigenvalue weighted by Gasteiger charge is -2.42. The van der Waals surface area contributed by atoms with Crippen LogP contribution in [-0.2, 0) is 0 Å². The molecule has 0 N–H and O–H groups in total. The summed E-state index contributed by atoms with van der Waals surface area (Å²) in [6, 6.07) is 82.4. The third kappa shape index (κ3) is 7.25. The molecule has 0 saturated carbocycles. The van der Waals surface area contributed by atoms with Crippen molar-refractivity contribution in [3.05, 3.63) is 269 Å². The van der Waals surface area contributed by atoms with Crippen LogP contribution in [-0.4, -0.2) is 24.9 Å². The molecule has 0 radical (unpaired) electrons. The van der Waals surface area contributed by atoms with E-state index in [1.54, 1.807) is 0 Å². The van der Waals surface area contributed by atoms with E-state index in [0.29, 0.717) is 28.9 Å². The van der Waals surface area contributed by atoms with Gasteiger partial charge in [0.1, 0.15) is 0 Å². The van der Waals surface area contributed by atoms with Gasteiger partial charge in [-0.2, -0.15) is 5.26 Å². The maximum Gasteiger partial charge on any atom is 0.164 e. The highest BCUT2D eigenvalue weighted by Gasteiger charge is 2.41. The second-order valence-electron chi connectivity index (χ2n) is 17.9. The van der Waals surface area contributed by atoms with Crippen LogP contribution >= 0.6 is 0 Å². The molecule has 6 nitrogen and oxygen atoms in total. The Balaban J connectivity index is 0.870. The van der Waals surface area contributed by atoms with Gasteiger partial charge in [0.05, 0.1) is 23.0 Å². The number of aromatic nitrogens is 5. The number of hydrogen-bond donors (Lipinski definition) is 0. The lowest BCUT2D eigenvalue weighted by Crippen LogP contribution is -2.27. The Hall–Kier alpha value is -9.44. The zero-order valence-corrected chi connectivity index (χ0v) is 37.8. The molecule has 2 unspecified atom stereocenters. The van der Waals surface area contributed by atoms with E-state index in [0.717, 1.165) is 67.0 Å². The Bertz CT molecular complexity index is 3770. The van der Waals surface area contributed by atoms with Crippen molar-refractivity contribution in [1.29, 1.82) is 5.26 Å². The average Bonchev–Trinajstić information content (AvgIpc) is 3.45. The molecule has 2 aromatic heterocycles. The van der Waals surface area contributed by atoms with E-state index in [-0.39, 0.29) is 11.8 Å². The van der Waals surface area contributed by atoms with Crippen LogP contribution in [0.4, 0.5) is 0 Å². The minimum Gasteiger partial charge on any atom is -0.228 e. The van der Waals surface area contributed by atoms with Crippen LogP contribution in [0.15, 0.2) is 231 Å². The van der Waals surface area contributed by atoms with Gasteiger partial charge in [-0.3, -0.25) is 0 Å². The molecule has 0 aliphatic heterocycles. The SMILES string of the molecule is N#Cc1ccc(-c2ccc(-c3cc(-c4cccc(-c5ccc6c(c5)C5c7ccccc7C6c6cc(-c7nc(-c8ccccc8)nc(-c8ccccc8)n7)ccc65)c4)nc(-c4ccccc4)n3)cc2)cc1. The Morgan fingerprint density at radius 2 is 0.629 bits per heavy atom. The van der Waals surface area contributed by atoms with Crippen LogP contribution in [0.1, 0.15) is 50.8 Å². The van der Waals surface area contributed by atoms with Crippen LogP contribution in [0.2, 0.25) is 0 Å². The van der Waals surface area contributed by atoms with Crippen molar-refractivity contribution in [2.75, 3.05) is 0 Å². The predicted octanol–water partition coefficient (Wildman–Crippen LogP) is 14.9. The van der Waals surface area contributed by atoms with E-state index in [4.69, 9.17) is 24.9 Å². The quantitative estimate of drug-likeness (QED) is 0.151. The molecule has 0 saturated heterocycles. The lowest BCUT2D eigenvalue weighted by molar-refractivity contribution is 0.755. The van der Waals surface area contributed by atoms with E-state index in [1.165, 1.54) is 33.4 Å².